The smallest absolute Gasteiger partial charge is 0.128 e. The van der Waals surface area contributed by atoms with E-state index in [1.54, 1.807) is 24.5 Å². The molecule has 1 unspecified atom stereocenters. The largest absolute Gasteiger partial charge is 0.384 e. The van der Waals surface area contributed by atoms with Crippen LogP contribution in [0.3, 0.4) is 0 Å². The van der Waals surface area contributed by atoms with Gasteiger partial charge in [0.2, 0.25) is 0 Å². The highest BCUT2D eigenvalue weighted by Crippen LogP contribution is 2.34. The number of pyridine rings is 2. The molecule has 0 fully saturated rings. The Morgan fingerprint density at radius 1 is 1.00 bits per heavy atom. The van der Waals surface area contributed by atoms with Crippen molar-refractivity contribution < 1.29 is 4.39 Å². The van der Waals surface area contributed by atoms with E-state index in [0.717, 1.165) is 27.7 Å². The Bertz CT molecular complexity index is 1150. The summed E-state index contributed by atoms with van der Waals surface area (Å²) in [7, 11) is 0. The third-order valence-corrected chi connectivity index (χ3v) is 4.96. The molecule has 0 aliphatic rings. The lowest BCUT2D eigenvalue weighted by Crippen LogP contribution is -2.10. The van der Waals surface area contributed by atoms with Crippen LogP contribution in [0.1, 0.15) is 18.5 Å². The van der Waals surface area contributed by atoms with E-state index in [2.05, 4.69) is 15.3 Å². The molecule has 0 amide bonds. The molecule has 0 saturated carbocycles. The van der Waals surface area contributed by atoms with Gasteiger partial charge >= 0.3 is 0 Å². The number of nitrogens with zero attached hydrogens (tertiary/aromatic N) is 2. The second kappa shape index (κ2) is 7.44. The molecule has 4 aromatic rings. The highest BCUT2D eigenvalue weighted by molar-refractivity contribution is 6.34. The van der Waals surface area contributed by atoms with E-state index in [0.29, 0.717) is 16.4 Å². The maximum atomic E-state index is 14.6. The summed E-state index contributed by atoms with van der Waals surface area (Å²) < 4.78 is 14.6. The third-order valence-electron chi connectivity index (χ3n) is 4.67. The molecule has 2 aromatic carbocycles. The summed E-state index contributed by atoms with van der Waals surface area (Å²) in [6.45, 7) is 1.90. The highest BCUT2D eigenvalue weighted by Gasteiger charge is 2.16. The van der Waals surface area contributed by atoms with E-state index < -0.39 is 0 Å². The fourth-order valence-corrected chi connectivity index (χ4v) is 3.39. The van der Waals surface area contributed by atoms with Crippen molar-refractivity contribution in [1.82, 2.24) is 9.97 Å². The average molecular weight is 393 g/mol. The summed E-state index contributed by atoms with van der Waals surface area (Å²) in [4.78, 5) is 8.45. The van der Waals surface area contributed by atoms with Crippen molar-refractivity contribution >= 4 is 34.0 Å². The summed E-state index contributed by atoms with van der Waals surface area (Å²) in [5.74, 6) is 0.155. The van der Waals surface area contributed by atoms with Crippen LogP contribution in [0.5, 0.6) is 0 Å². The maximum Gasteiger partial charge on any atom is 0.128 e. The Balaban J connectivity index is 1.71. The minimum Gasteiger partial charge on any atom is -0.384 e. The second-order valence-corrected chi connectivity index (χ2v) is 6.98. The Hall–Kier alpha value is -3.18. The molecule has 0 radical (unpaired) electrons. The van der Waals surface area contributed by atoms with Gasteiger partial charge < -0.3 is 11.1 Å². The second-order valence-electron chi connectivity index (χ2n) is 6.57. The zero-order valence-corrected chi connectivity index (χ0v) is 15.9. The lowest BCUT2D eigenvalue weighted by Gasteiger charge is -2.19. The first-order valence-corrected chi connectivity index (χ1v) is 9.22. The van der Waals surface area contributed by atoms with Crippen molar-refractivity contribution in [2.75, 3.05) is 11.1 Å². The van der Waals surface area contributed by atoms with E-state index in [9.17, 15) is 4.39 Å². The summed E-state index contributed by atoms with van der Waals surface area (Å²) in [6, 6.07) is 16.0. The number of nitrogen functional groups attached to an aromatic ring is 1. The van der Waals surface area contributed by atoms with Gasteiger partial charge in [-0.25, -0.2) is 9.37 Å². The number of nitrogens with one attached hydrogen (secondary N) is 1. The summed E-state index contributed by atoms with van der Waals surface area (Å²) >= 11 is 6.38. The average Bonchev–Trinajstić information content (AvgIpc) is 2.71. The predicted molar refractivity (Wildman–Crippen MR) is 113 cm³/mol. The number of nitrogens with two attached hydrogens (primary N) is 1. The molecule has 6 heteroatoms. The van der Waals surface area contributed by atoms with Crippen LogP contribution in [0.25, 0.3) is 22.0 Å². The van der Waals surface area contributed by atoms with Crippen LogP contribution in [0.15, 0.2) is 67.0 Å². The minimum atomic E-state index is -0.315. The van der Waals surface area contributed by atoms with Gasteiger partial charge in [0.05, 0.1) is 22.3 Å². The van der Waals surface area contributed by atoms with Gasteiger partial charge in [-0.1, -0.05) is 35.9 Å². The van der Waals surface area contributed by atoms with E-state index in [4.69, 9.17) is 17.3 Å². The molecule has 28 heavy (non-hydrogen) atoms. The van der Waals surface area contributed by atoms with Crippen molar-refractivity contribution in [3.05, 3.63) is 83.4 Å². The predicted octanol–water partition coefficient (Wildman–Crippen LogP) is 5.84. The summed E-state index contributed by atoms with van der Waals surface area (Å²) in [5.41, 5.74) is 9.48. The van der Waals surface area contributed by atoms with E-state index >= 15 is 0 Å². The van der Waals surface area contributed by atoms with Crippen molar-refractivity contribution in [3.8, 4) is 11.1 Å². The monoisotopic (exact) mass is 392 g/mol. The normalized spacial score (nSPS) is 12.1. The Morgan fingerprint density at radius 2 is 1.79 bits per heavy atom. The van der Waals surface area contributed by atoms with Gasteiger partial charge in [0.15, 0.2) is 0 Å². The van der Waals surface area contributed by atoms with Crippen LogP contribution in [0, 0.1) is 5.82 Å². The molecule has 3 N–H and O–H groups in total. The van der Waals surface area contributed by atoms with Crippen molar-refractivity contribution in [2.24, 2.45) is 0 Å². The zero-order chi connectivity index (χ0) is 19.7. The van der Waals surface area contributed by atoms with Crippen LogP contribution in [-0.4, -0.2) is 9.97 Å². The molecule has 0 saturated heterocycles. The molecule has 0 aliphatic carbocycles. The fraction of sp³-hybridized carbons (Fsp3) is 0.0909. The highest BCUT2D eigenvalue weighted by atomic mass is 35.5. The van der Waals surface area contributed by atoms with Gasteiger partial charge in [-0.2, -0.15) is 0 Å². The number of hydrogen-bond donors (Lipinski definition) is 2. The van der Waals surface area contributed by atoms with Crippen molar-refractivity contribution in [1.29, 1.82) is 0 Å². The molecule has 140 valence electrons. The van der Waals surface area contributed by atoms with Crippen molar-refractivity contribution in [2.45, 2.75) is 13.0 Å². The van der Waals surface area contributed by atoms with Crippen molar-refractivity contribution in [3.63, 3.8) is 0 Å². The van der Waals surface area contributed by atoms with Gasteiger partial charge in [-0.15, -0.1) is 0 Å². The topological polar surface area (TPSA) is 63.8 Å². The molecule has 2 aromatic heterocycles. The molecule has 1 atom stereocenters. The standard InChI is InChI=1S/C22H18ClFN4/c1-13(28-22-16-4-2-3-5-20(16)26-12-18(22)23)17-10-14(6-8-19(17)24)15-7-9-21(25)27-11-15/h2-13H,1H3,(H2,25,27)(H,26,28). The van der Waals surface area contributed by atoms with Gasteiger partial charge in [-0.05, 0) is 42.8 Å². The van der Waals surface area contributed by atoms with E-state index in [1.807, 2.05) is 43.3 Å². The number of hydrogen-bond acceptors (Lipinski definition) is 4. The molecule has 0 aliphatic heterocycles. The van der Waals surface area contributed by atoms with Gasteiger partial charge in [0.25, 0.3) is 0 Å². The van der Waals surface area contributed by atoms with Crippen LogP contribution in [0.4, 0.5) is 15.9 Å². The lowest BCUT2D eigenvalue weighted by atomic mass is 10.00. The molecule has 2 heterocycles. The first kappa shape index (κ1) is 18.2. The molecule has 4 rings (SSSR count). The number of aromatic nitrogens is 2. The Morgan fingerprint density at radius 3 is 2.57 bits per heavy atom. The number of benzene rings is 2. The van der Waals surface area contributed by atoms with Gasteiger partial charge in [0.1, 0.15) is 11.6 Å². The third kappa shape index (κ3) is 3.49. The number of para-hydroxylation sites is 1. The van der Waals surface area contributed by atoms with Gasteiger partial charge in [0, 0.05) is 28.9 Å². The molecular weight excluding hydrogens is 375 g/mol. The zero-order valence-electron chi connectivity index (χ0n) is 15.2. The summed E-state index contributed by atoms with van der Waals surface area (Å²) in [5, 5.41) is 4.73. The molecule has 0 bridgehead atoms. The van der Waals surface area contributed by atoms with Crippen LogP contribution in [0.2, 0.25) is 5.02 Å². The first-order valence-electron chi connectivity index (χ1n) is 8.84. The quantitative estimate of drug-likeness (QED) is 0.457. The van der Waals surface area contributed by atoms with Crippen LogP contribution >= 0.6 is 11.6 Å². The van der Waals surface area contributed by atoms with Crippen LogP contribution < -0.4 is 11.1 Å². The Labute approximate surface area is 167 Å². The number of fused-ring (bicyclic) bond motifs is 1. The van der Waals surface area contributed by atoms with Gasteiger partial charge in [-0.3, -0.25) is 4.98 Å². The number of rotatable bonds is 4. The Kier molecular flexibility index (Phi) is 4.84. The van der Waals surface area contributed by atoms with E-state index in [-0.39, 0.29) is 11.9 Å². The summed E-state index contributed by atoms with van der Waals surface area (Å²) in [6.07, 6.45) is 3.28. The van der Waals surface area contributed by atoms with Crippen LogP contribution in [-0.2, 0) is 0 Å². The number of halogens is 2. The molecular formula is C22H18ClFN4. The van der Waals surface area contributed by atoms with E-state index in [1.165, 1.54) is 6.07 Å². The SMILES string of the molecule is CC(Nc1c(Cl)cnc2ccccc12)c1cc(-c2ccc(N)nc2)ccc1F. The molecule has 0 spiro atoms. The maximum absolute atomic E-state index is 14.6. The lowest BCUT2D eigenvalue weighted by molar-refractivity contribution is 0.600. The number of anilines is 2. The molecule has 4 nitrogen and oxygen atoms in total. The first-order chi connectivity index (χ1) is 13.5. The minimum absolute atomic E-state index is 0.290. The fourth-order valence-electron chi connectivity index (χ4n) is 3.19.